The number of carbonyl (C=O) groups is 2. The average molecular weight is 391 g/mol. The van der Waals surface area contributed by atoms with Gasteiger partial charge in [-0.15, -0.1) is 0 Å². The summed E-state index contributed by atoms with van der Waals surface area (Å²) < 4.78 is 33.0. The first kappa shape index (κ1) is 19.3. The number of benzene rings is 1. The van der Waals surface area contributed by atoms with E-state index in [1.165, 1.54) is 31.2 Å². The molecule has 1 aliphatic heterocycles. The highest BCUT2D eigenvalue weighted by Crippen LogP contribution is 2.29. The summed E-state index contributed by atoms with van der Waals surface area (Å²) in [6.45, 7) is -0.517. The van der Waals surface area contributed by atoms with Crippen LogP contribution in [0.5, 0.6) is 5.75 Å². The number of halogens is 1. The molecule has 2 N–H and O–H groups in total. The van der Waals surface area contributed by atoms with Crippen molar-refractivity contribution in [2.24, 2.45) is 0 Å². The number of ether oxygens (including phenoxy) is 2. The van der Waals surface area contributed by atoms with Crippen LogP contribution in [0.2, 0.25) is 5.02 Å². The highest BCUT2D eigenvalue weighted by atomic mass is 35.5. The highest BCUT2D eigenvalue weighted by Gasteiger charge is 2.33. The van der Waals surface area contributed by atoms with Crippen molar-refractivity contribution in [3.8, 4) is 5.75 Å². The van der Waals surface area contributed by atoms with Crippen molar-refractivity contribution in [3.63, 3.8) is 0 Å². The normalized spacial score (nSPS) is 18.6. The standard InChI is InChI=1S/C15H19ClN2O6S/c1-18(9-3-4-25(21,22)8-9)14(19)7-24-15(20)10-5-11(16)12(17)6-13(10)23-2/h5-6,9H,3-4,7-8,17H2,1-2H3/t9-/m0/s1. The van der Waals surface area contributed by atoms with Gasteiger partial charge >= 0.3 is 5.97 Å². The fourth-order valence-corrected chi connectivity index (χ4v) is 4.43. The molecule has 0 bridgehead atoms. The maximum atomic E-state index is 12.2. The number of anilines is 1. The predicted molar refractivity (Wildman–Crippen MR) is 92.5 cm³/mol. The smallest absolute Gasteiger partial charge is 0.342 e. The van der Waals surface area contributed by atoms with Gasteiger partial charge in [-0.2, -0.15) is 0 Å². The van der Waals surface area contributed by atoms with Crippen LogP contribution in [-0.4, -0.2) is 63.5 Å². The molecule has 10 heteroatoms. The van der Waals surface area contributed by atoms with Crippen molar-refractivity contribution >= 4 is 39.0 Å². The molecule has 0 spiro atoms. The van der Waals surface area contributed by atoms with Crippen molar-refractivity contribution in [2.75, 3.05) is 38.0 Å². The number of hydrogen-bond acceptors (Lipinski definition) is 7. The zero-order chi connectivity index (χ0) is 18.8. The molecule has 0 aromatic heterocycles. The van der Waals surface area contributed by atoms with E-state index in [-0.39, 0.29) is 33.5 Å². The van der Waals surface area contributed by atoms with Crippen LogP contribution in [0.25, 0.3) is 0 Å². The number of likely N-dealkylation sites (N-methyl/N-ethyl adjacent to an activating group) is 1. The van der Waals surface area contributed by atoms with Crippen LogP contribution in [0.15, 0.2) is 12.1 Å². The molecule has 1 aromatic carbocycles. The van der Waals surface area contributed by atoms with Gasteiger partial charge in [-0.3, -0.25) is 4.79 Å². The molecular formula is C15H19ClN2O6S. The van der Waals surface area contributed by atoms with E-state index in [9.17, 15) is 18.0 Å². The maximum absolute atomic E-state index is 12.2. The number of nitrogens with zero attached hydrogens (tertiary/aromatic N) is 1. The zero-order valence-corrected chi connectivity index (χ0v) is 15.4. The second-order valence-corrected chi connectivity index (χ2v) is 8.35. The Morgan fingerprint density at radius 3 is 2.64 bits per heavy atom. The first-order chi connectivity index (χ1) is 11.6. The van der Waals surface area contributed by atoms with Crippen molar-refractivity contribution in [1.29, 1.82) is 0 Å². The summed E-state index contributed by atoms with van der Waals surface area (Å²) in [5.74, 6) is -1.13. The quantitative estimate of drug-likeness (QED) is 0.582. The minimum absolute atomic E-state index is 0.0422. The topological polar surface area (TPSA) is 116 Å². The van der Waals surface area contributed by atoms with Gasteiger partial charge in [0, 0.05) is 19.2 Å². The van der Waals surface area contributed by atoms with Crippen LogP contribution in [0.4, 0.5) is 5.69 Å². The fourth-order valence-electron chi connectivity index (χ4n) is 2.49. The van der Waals surface area contributed by atoms with Crippen LogP contribution >= 0.6 is 11.6 Å². The average Bonchev–Trinajstić information content (AvgIpc) is 2.93. The SMILES string of the molecule is COc1cc(N)c(Cl)cc1C(=O)OCC(=O)N(C)[C@H]1CCS(=O)(=O)C1. The highest BCUT2D eigenvalue weighted by molar-refractivity contribution is 7.91. The fraction of sp³-hybridized carbons (Fsp3) is 0.467. The summed E-state index contributed by atoms with van der Waals surface area (Å²) >= 11 is 5.89. The Bertz CT molecular complexity index is 795. The van der Waals surface area contributed by atoms with Gasteiger partial charge in [-0.25, -0.2) is 13.2 Å². The van der Waals surface area contributed by atoms with Gasteiger partial charge in [-0.05, 0) is 12.5 Å². The van der Waals surface area contributed by atoms with Gasteiger partial charge < -0.3 is 20.1 Å². The molecule has 1 atom stereocenters. The van der Waals surface area contributed by atoms with E-state index in [1.54, 1.807) is 0 Å². The van der Waals surface area contributed by atoms with Gasteiger partial charge in [0.15, 0.2) is 16.4 Å². The molecule has 1 aromatic rings. The molecule has 1 aliphatic rings. The molecule has 0 radical (unpaired) electrons. The Balaban J connectivity index is 2.00. The van der Waals surface area contributed by atoms with Crippen LogP contribution in [0, 0.1) is 0 Å². The Morgan fingerprint density at radius 2 is 2.08 bits per heavy atom. The number of nitrogens with two attached hydrogens (primary N) is 1. The molecule has 0 unspecified atom stereocenters. The molecule has 0 aliphatic carbocycles. The molecule has 25 heavy (non-hydrogen) atoms. The van der Waals surface area contributed by atoms with Crippen LogP contribution in [-0.2, 0) is 19.4 Å². The molecule has 1 heterocycles. The lowest BCUT2D eigenvalue weighted by atomic mass is 10.2. The third-order valence-corrected chi connectivity index (χ3v) is 6.09. The van der Waals surface area contributed by atoms with Gasteiger partial charge in [0.1, 0.15) is 11.3 Å². The van der Waals surface area contributed by atoms with Gasteiger partial charge in [0.25, 0.3) is 5.91 Å². The number of hydrogen-bond donors (Lipinski definition) is 1. The summed E-state index contributed by atoms with van der Waals surface area (Å²) in [4.78, 5) is 25.6. The van der Waals surface area contributed by atoms with Crippen molar-refractivity contribution in [3.05, 3.63) is 22.7 Å². The summed E-state index contributed by atoms with van der Waals surface area (Å²) in [7, 11) is -0.262. The molecule has 138 valence electrons. The van der Waals surface area contributed by atoms with Crippen LogP contribution in [0.3, 0.4) is 0 Å². The molecular weight excluding hydrogens is 372 g/mol. The molecule has 1 fully saturated rings. The summed E-state index contributed by atoms with van der Waals surface area (Å²) in [6, 6.07) is 2.28. The minimum atomic E-state index is -3.11. The Kier molecular flexibility index (Phi) is 5.79. The number of sulfone groups is 1. The van der Waals surface area contributed by atoms with Gasteiger partial charge in [0.2, 0.25) is 0 Å². The van der Waals surface area contributed by atoms with Crippen LogP contribution in [0.1, 0.15) is 16.8 Å². The third kappa shape index (κ3) is 4.55. The maximum Gasteiger partial charge on any atom is 0.342 e. The largest absolute Gasteiger partial charge is 0.496 e. The van der Waals surface area contributed by atoms with Crippen molar-refractivity contribution in [2.45, 2.75) is 12.5 Å². The number of esters is 1. The Hall–Kier alpha value is -2.00. The third-order valence-electron chi connectivity index (χ3n) is 4.01. The molecule has 0 saturated carbocycles. The Labute approximate surface area is 150 Å². The lowest BCUT2D eigenvalue weighted by Gasteiger charge is -2.23. The molecule has 2 rings (SSSR count). The van der Waals surface area contributed by atoms with Crippen molar-refractivity contribution in [1.82, 2.24) is 4.90 Å². The summed E-state index contributed by atoms with van der Waals surface area (Å²) in [5.41, 5.74) is 5.93. The van der Waals surface area contributed by atoms with E-state index in [4.69, 9.17) is 26.8 Å². The number of rotatable bonds is 5. The van der Waals surface area contributed by atoms with E-state index < -0.39 is 34.4 Å². The summed E-state index contributed by atoms with van der Waals surface area (Å²) in [6.07, 6.45) is 0.375. The second kappa shape index (κ2) is 7.49. The first-order valence-corrected chi connectivity index (χ1v) is 9.60. The number of carbonyl (C=O) groups excluding carboxylic acids is 2. The number of amides is 1. The van der Waals surface area contributed by atoms with E-state index in [2.05, 4.69) is 0 Å². The molecule has 1 saturated heterocycles. The number of nitrogen functional groups attached to an aromatic ring is 1. The van der Waals surface area contributed by atoms with E-state index >= 15 is 0 Å². The molecule has 1 amide bonds. The monoisotopic (exact) mass is 390 g/mol. The lowest BCUT2D eigenvalue weighted by molar-refractivity contribution is -0.134. The summed E-state index contributed by atoms with van der Waals surface area (Å²) in [5, 5.41) is 0.160. The van der Waals surface area contributed by atoms with E-state index in [0.717, 1.165) is 0 Å². The van der Waals surface area contributed by atoms with E-state index in [0.29, 0.717) is 6.42 Å². The Morgan fingerprint density at radius 1 is 1.40 bits per heavy atom. The number of methoxy groups -OCH3 is 1. The zero-order valence-electron chi connectivity index (χ0n) is 13.8. The van der Waals surface area contributed by atoms with Gasteiger partial charge in [0.05, 0.1) is 29.3 Å². The van der Waals surface area contributed by atoms with Gasteiger partial charge in [-0.1, -0.05) is 11.6 Å². The minimum Gasteiger partial charge on any atom is -0.496 e. The molecule has 8 nitrogen and oxygen atoms in total. The van der Waals surface area contributed by atoms with Crippen molar-refractivity contribution < 1.29 is 27.5 Å². The lowest BCUT2D eigenvalue weighted by Crippen LogP contribution is -2.40. The second-order valence-electron chi connectivity index (χ2n) is 5.71. The van der Waals surface area contributed by atoms with E-state index in [1.807, 2.05) is 0 Å². The van der Waals surface area contributed by atoms with Crippen LogP contribution < -0.4 is 10.5 Å². The predicted octanol–water partition coefficient (Wildman–Crippen LogP) is 0.733. The first-order valence-electron chi connectivity index (χ1n) is 7.41.